The Kier molecular flexibility index (Phi) is 4.14. The van der Waals surface area contributed by atoms with Gasteiger partial charge < -0.3 is 15.2 Å². The number of nitrogens with two attached hydrogens (primary N) is 1. The van der Waals surface area contributed by atoms with Crippen molar-refractivity contribution in [3.63, 3.8) is 0 Å². The summed E-state index contributed by atoms with van der Waals surface area (Å²) in [5.74, 6) is -1.01. The zero-order valence-electron chi connectivity index (χ0n) is 10.7. The smallest absolute Gasteiger partial charge is 0.351 e. The van der Waals surface area contributed by atoms with Crippen LogP contribution in [0.25, 0.3) is 0 Å². The molecule has 0 radical (unpaired) electrons. The van der Waals surface area contributed by atoms with E-state index >= 15 is 0 Å². The van der Waals surface area contributed by atoms with Crippen molar-refractivity contribution in [2.24, 2.45) is 5.73 Å². The third-order valence-electron chi connectivity index (χ3n) is 2.66. The van der Waals surface area contributed by atoms with Crippen LogP contribution in [0.15, 0.2) is 0 Å². The van der Waals surface area contributed by atoms with E-state index in [1.807, 2.05) is 0 Å². The number of ether oxygens (including phenoxy) is 2. The Bertz CT molecular complexity index is 300. The van der Waals surface area contributed by atoms with E-state index in [2.05, 4.69) is 0 Å². The van der Waals surface area contributed by atoms with Crippen LogP contribution >= 0.6 is 0 Å². The van der Waals surface area contributed by atoms with Crippen molar-refractivity contribution in [2.45, 2.75) is 57.7 Å². The molecule has 5 heteroatoms. The summed E-state index contributed by atoms with van der Waals surface area (Å²) in [7, 11) is 0. The summed E-state index contributed by atoms with van der Waals surface area (Å²) in [5, 5.41) is 0. The molecule has 0 aromatic rings. The van der Waals surface area contributed by atoms with E-state index in [0.717, 1.165) is 12.8 Å². The summed E-state index contributed by atoms with van der Waals surface area (Å²) in [4.78, 5) is 23.4. The van der Waals surface area contributed by atoms with Gasteiger partial charge in [-0.1, -0.05) is 0 Å². The lowest BCUT2D eigenvalue weighted by Gasteiger charge is -2.30. The highest BCUT2D eigenvalue weighted by Gasteiger charge is 2.47. The first kappa shape index (κ1) is 14.0. The van der Waals surface area contributed by atoms with E-state index in [4.69, 9.17) is 15.2 Å². The normalized spacial score (nSPS) is 18.8. The number of carbonyl (C=O) groups is 2. The number of rotatable bonds is 3. The molecule has 1 rings (SSSR count). The molecule has 0 bridgehead atoms. The average Bonchev–Trinajstić information content (AvgIpc) is 2.65. The first-order valence-electron chi connectivity index (χ1n) is 5.94. The predicted molar refractivity (Wildman–Crippen MR) is 62.2 cm³/mol. The lowest BCUT2D eigenvalue weighted by atomic mass is 10.0. The fourth-order valence-electron chi connectivity index (χ4n) is 1.92. The van der Waals surface area contributed by atoms with Gasteiger partial charge in [0, 0.05) is 0 Å². The minimum Gasteiger partial charge on any atom is -0.457 e. The van der Waals surface area contributed by atoms with E-state index < -0.39 is 23.1 Å². The van der Waals surface area contributed by atoms with Gasteiger partial charge in [0.1, 0.15) is 5.60 Å². The molecule has 1 aliphatic carbocycles. The number of carbonyl (C=O) groups excluding carboxylic acids is 2. The summed E-state index contributed by atoms with van der Waals surface area (Å²) in [5.41, 5.74) is 3.52. The second kappa shape index (κ2) is 5.04. The molecule has 0 amide bonds. The molecule has 1 saturated carbocycles. The molecule has 5 nitrogen and oxygen atoms in total. The fraction of sp³-hybridized carbons (Fsp3) is 0.833. The van der Waals surface area contributed by atoms with Crippen LogP contribution in [0.2, 0.25) is 0 Å². The van der Waals surface area contributed by atoms with E-state index in [9.17, 15) is 9.59 Å². The van der Waals surface area contributed by atoms with Gasteiger partial charge in [0.2, 0.25) is 5.60 Å². The monoisotopic (exact) mass is 243 g/mol. The molecule has 98 valence electrons. The van der Waals surface area contributed by atoms with Gasteiger partial charge in [0.05, 0.1) is 6.54 Å². The third-order valence-corrected chi connectivity index (χ3v) is 2.66. The van der Waals surface area contributed by atoms with Crippen LogP contribution in [0.3, 0.4) is 0 Å². The van der Waals surface area contributed by atoms with E-state index in [0.29, 0.717) is 12.8 Å². The molecular formula is C12H21NO4. The van der Waals surface area contributed by atoms with Crippen LogP contribution < -0.4 is 5.73 Å². The molecule has 0 saturated heterocycles. The first-order valence-corrected chi connectivity index (χ1v) is 5.94. The number of esters is 2. The molecule has 0 aromatic heterocycles. The maximum Gasteiger partial charge on any atom is 0.351 e. The molecule has 0 aliphatic heterocycles. The minimum absolute atomic E-state index is 0.218. The standard InChI is InChI=1S/C12H21NO4/c1-11(2,3)17-10(15)12(6-4-5-7-12)16-9(14)8-13/h4-8,13H2,1-3H3. The highest BCUT2D eigenvalue weighted by atomic mass is 16.6. The second-order valence-corrected chi connectivity index (χ2v) is 5.38. The van der Waals surface area contributed by atoms with Crippen LogP contribution in [0.4, 0.5) is 0 Å². The Morgan fingerprint density at radius 3 is 2.18 bits per heavy atom. The van der Waals surface area contributed by atoms with Crippen molar-refractivity contribution in [3.8, 4) is 0 Å². The minimum atomic E-state index is -1.11. The van der Waals surface area contributed by atoms with Crippen molar-refractivity contribution >= 4 is 11.9 Å². The van der Waals surface area contributed by atoms with Gasteiger partial charge in [0.15, 0.2) is 0 Å². The molecule has 0 spiro atoms. The fourth-order valence-corrected chi connectivity index (χ4v) is 1.92. The quantitative estimate of drug-likeness (QED) is 0.752. The maximum absolute atomic E-state index is 12.1. The summed E-state index contributed by atoms with van der Waals surface area (Å²) in [6, 6.07) is 0. The summed E-state index contributed by atoms with van der Waals surface area (Å²) in [6.45, 7) is 5.15. The van der Waals surface area contributed by atoms with Gasteiger partial charge in [-0.3, -0.25) is 4.79 Å². The van der Waals surface area contributed by atoms with Crippen LogP contribution in [0, 0.1) is 0 Å². The topological polar surface area (TPSA) is 78.6 Å². The van der Waals surface area contributed by atoms with Crippen molar-refractivity contribution in [1.29, 1.82) is 0 Å². The molecule has 1 fully saturated rings. The Hall–Kier alpha value is -1.10. The molecule has 0 unspecified atom stereocenters. The van der Waals surface area contributed by atoms with Crippen molar-refractivity contribution in [2.75, 3.05) is 6.54 Å². The zero-order chi connectivity index (χ0) is 13.1. The lowest BCUT2D eigenvalue weighted by molar-refractivity contribution is -0.189. The van der Waals surface area contributed by atoms with Gasteiger partial charge in [0.25, 0.3) is 0 Å². The first-order chi connectivity index (χ1) is 7.79. The van der Waals surface area contributed by atoms with Crippen LogP contribution in [-0.4, -0.2) is 29.7 Å². The molecule has 1 aliphatic rings. The van der Waals surface area contributed by atoms with Gasteiger partial charge in [-0.15, -0.1) is 0 Å². The van der Waals surface area contributed by atoms with Crippen molar-refractivity contribution in [1.82, 2.24) is 0 Å². The summed E-state index contributed by atoms with van der Waals surface area (Å²) < 4.78 is 10.5. The van der Waals surface area contributed by atoms with Crippen molar-refractivity contribution < 1.29 is 19.1 Å². The average molecular weight is 243 g/mol. The Balaban J connectivity index is 2.77. The van der Waals surface area contributed by atoms with Gasteiger partial charge in [-0.25, -0.2) is 4.79 Å². The molecule has 0 atom stereocenters. The third kappa shape index (κ3) is 3.70. The molecule has 2 N–H and O–H groups in total. The zero-order valence-corrected chi connectivity index (χ0v) is 10.7. The van der Waals surface area contributed by atoms with E-state index in [1.54, 1.807) is 20.8 Å². The van der Waals surface area contributed by atoms with Crippen molar-refractivity contribution in [3.05, 3.63) is 0 Å². The van der Waals surface area contributed by atoms with Gasteiger partial charge >= 0.3 is 11.9 Å². The van der Waals surface area contributed by atoms with E-state index in [-0.39, 0.29) is 6.54 Å². The van der Waals surface area contributed by atoms with Gasteiger partial charge in [-0.2, -0.15) is 0 Å². The summed E-state index contributed by atoms with van der Waals surface area (Å²) >= 11 is 0. The Labute approximate surface area is 102 Å². The maximum atomic E-state index is 12.1. The molecule has 0 aromatic carbocycles. The lowest BCUT2D eigenvalue weighted by Crippen LogP contribution is -2.46. The highest BCUT2D eigenvalue weighted by Crippen LogP contribution is 2.35. The predicted octanol–water partition coefficient (Wildman–Crippen LogP) is 1.14. The Morgan fingerprint density at radius 1 is 1.24 bits per heavy atom. The van der Waals surface area contributed by atoms with Crippen LogP contribution in [-0.2, 0) is 19.1 Å². The number of hydrogen-bond acceptors (Lipinski definition) is 5. The van der Waals surface area contributed by atoms with Gasteiger partial charge in [-0.05, 0) is 46.5 Å². The van der Waals surface area contributed by atoms with Crippen LogP contribution in [0.1, 0.15) is 46.5 Å². The Morgan fingerprint density at radius 2 is 1.76 bits per heavy atom. The molecular weight excluding hydrogens is 222 g/mol. The molecule has 17 heavy (non-hydrogen) atoms. The van der Waals surface area contributed by atoms with Crippen LogP contribution in [0.5, 0.6) is 0 Å². The SMILES string of the molecule is CC(C)(C)OC(=O)C1(OC(=O)CN)CCCC1. The number of hydrogen-bond donors (Lipinski definition) is 1. The molecule has 0 heterocycles. The highest BCUT2D eigenvalue weighted by molar-refractivity contribution is 5.84. The largest absolute Gasteiger partial charge is 0.457 e. The van der Waals surface area contributed by atoms with E-state index in [1.165, 1.54) is 0 Å². The second-order valence-electron chi connectivity index (χ2n) is 5.38. The summed E-state index contributed by atoms with van der Waals surface area (Å²) in [6.07, 6.45) is 2.76.